The van der Waals surface area contributed by atoms with E-state index in [1.165, 1.54) is 41.2 Å². The first-order chi connectivity index (χ1) is 52.0. The molecule has 105 heavy (non-hydrogen) atoms. The van der Waals surface area contributed by atoms with E-state index in [0.717, 1.165) is 166 Å². The monoisotopic (exact) mass is 1400 g/mol. The third kappa shape index (κ3) is 8.93. The number of para-hydroxylation sites is 8. The summed E-state index contributed by atoms with van der Waals surface area (Å²) in [6.45, 7) is -0.389. The highest BCUT2D eigenvalue weighted by atomic mass is 32.1. The van der Waals surface area contributed by atoms with Crippen LogP contribution >= 0.6 is 34.0 Å². The second-order valence-corrected chi connectivity index (χ2v) is 30.6. The van der Waals surface area contributed by atoms with Gasteiger partial charge in [0.15, 0.2) is 11.2 Å². The van der Waals surface area contributed by atoms with Crippen molar-refractivity contribution in [3.05, 3.63) is 328 Å². The van der Waals surface area contributed by atoms with E-state index in [4.69, 9.17) is 18.3 Å². The molecule has 9 heterocycles. The number of rotatable bonds is 10. The minimum absolute atomic E-state index is 0.195. The summed E-state index contributed by atoms with van der Waals surface area (Å²) < 4.78 is 33.9. The zero-order valence-electron chi connectivity index (χ0n) is 56.0. The third-order valence-corrected chi connectivity index (χ3v) is 25.1. The van der Waals surface area contributed by atoms with E-state index in [0.29, 0.717) is 0 Å². The van der Waals surface area contributed by atoms with Crippen molar-refractivity contribution in [3.63, 3.8) is 0 Å². The predicted molar refractivity (Wildman–Crippen MR) is 442 cm³/mol. The van der Waals surface area contributed by atoms with Crippen LogP contribution in [0.1, 0.15) is 0 Å². The lowest BCUT2D eigenvalue weighted by Crippen LogP contribution is -2.58. The van der Waals surface area contributed by atoms with Crippen LogP contribution in [-0.4, -0.2) is 13.4 Å². The largest absolute Gasteiger partial charge is 0.458 e. The molecule has 19 aromatic rings. The quantitative estimate of drug-likeness (QED) is 0.126. The van der Waals surface area contributed by atoms with E-state index >= 15 is 0 Å². The molecule has 0 unspecified atom stereocenters. The van der Waals surface area contributed by atoms with Gasteiger partial charge >= 0.3 is 0 Å². The Kier molecular flexibility index (Phi) is 12.8. The van der Waals surface area contributed by atoms with Crippen molar-refractivity contribution in [2.24, 2.45) is 0 Å². The lowest BCUT2D eigenvalue weighted by molar-refractivity contribution is 0.488. The maximum Gasteiger partial charge on any atom is 0.268 e. The van der Waals surface area contributed by atoms with E-state index < -0.39 is 0 Å². The van der Waals surface area contributed by atoms with Gasteiger partial charge in [0.1, 0.15) is 34.2 Å². The van der Waals surface area contributed by atoms with Gasteiger partial charge in [-0.1, -0.05) is 206 Å². The van der Waals surface area contributed by atoms with Gasteiger partial charge in [-0.3, -0.25) is 0 Å². The molecule has 13 heteroatoms. The summed E-state index contributed by atoms with van der Waals surface area (Å²) in [6.07, 6.45) is 0. The summed E-state index contributed by atoms with van der Waals surface area (Å²) in [5, 5.41) is 6.63. The third-order valence-electron chi connectivity index (χ3n) is 21.5. The average Bonchev–Trinajstić information content (AvgIpc) is 1.66. The van der Waals surface area contributed by atoms with Crippen LogP contribution in [0.2, 0.25) is 0 Å². The highest BCUT2D eigenvalue weighted by Gasteiger charge is 2.47. The molecular formula is C92H54B2N4O4S3. The Morgan fingerprint density at radius 1 is 0.286 bits per heavy atom. The minimum Gasteiger partial charge on any atom is -0.458 e. The Morgan fingerprint density at radius 2 is 0.667 bits per heavy atom. The van der Waals surface area contributed by atoms with Gasteiger partial charge in [-0.05, 0) is 142 Å². The van der Waals surface area contributed by atoms with Crippen LogP contribution in [0.25, 0.3) is 84.9 Å². The van der Waals surface area contributed by atoms with Gasteiger partial charge < -0.3 is 37.9 Å². The second kappa shape index (κ2) is 22.9. The number of ether oxygens (including phenoxy) is 2. The molecule has 0 fully saturated rings. The molecule has 8 nitrogen and oxygen atoms in total. The number of furan rings is 2. The molecule has 23 rings (SSSR count). The minimum atomic E-state index is -0.195. The van der Waals surface area contributed by atoms with Gasteiger partial charge in [0.2, 0.25) is 0 Å². The van der Waals surface area contributed by atoms with Gasteiger partial charge in [-0.2, -0.15) is 0 Å². The predicted octanol–water partition coefficient (Wildman–Crippen LogP) is 23.1. The first kappa shape index (κ1) is 58.8. The summed E-state index contributed by atoms with van der Waals surface area (Å²) in [4.78, 5) is 12.0. The first-order valence-electron chi connectivity index (χ1n) is 35.4. The fourth-order valence-electron chi connectivity index (χ4n) is 17.0. The van der Waals surface area contributed by atoms with Crippen LogP contribution in [0, 0.1) is 0 Å². The van der Waals surface area contributed by atoms with Gasteiger partial charge in [0.05, 0.1) is 34.1 Å². The molecule has 4 aliphatic heterocycles. The number of hydrogen-bond acceptors (Lipinski definition) is 11. The summed E-state index contributed by atoms with van der Waals surface area (Å²) >= 11 is 5.55. The molecule has 0 radical (unpaired) electrons. The summed E-state index contributed by atoms with van der Waals surface area (Å²) in [5.41, 5.74) is 22.4. The molecule has 0 saturated heterocycles. The van der Waals surface area contributed by atoms with Crippen molar-refractivity contribution in [1.82, 2.24) is 0 Å². The maximum absolute atomic E-state index is 7.67. The molecule has 4 aliphatic rings. The lowest BCUT2D eigenvalue weighted by atomic mass is 9.36. The highest BCUT2D eigenvalue weighted by molar-refractivity contribution is 7.32. The van der Waals surface area contributed by atoms with Crippen LogP contribution in [0.5, 0.6) is 23.0 Å². The summed E-state index contributed by atoms with van der Waals surface area (Å²) in [6, 6.07) is 118. The number of thiophene rings is 3. The smallest absolute Gasteiger partial charge is 0.268 e. The Hall–Kier alpha value is -12.8. The molecule has 0 bridgehead atoms. The normalized spacial score (nSPS) is 13.0. The van der Waals surface area contributed by atoms with Gasteiger partial charge in [-0.15, -0.1) is 34.0 Å². The van der Waals surface area contributed by atoms with Crippen LogP contribution in [0.15, 0.2) is 336 Å². The Balaban J connectivity index is 0.746. The Labute approximate surface area is 616 Å². The molecule has 14 aromatic carbocycles. The van der Waals surface area contributed by atoms with Crippen LogP contribution in [0.4, 0.5) is 68.2 Å². The SMILES string of the molecule is c1ccc(-c2cc3c(s2)B2c4cc5c(cc4Oc4cc(N(c6ccccc6)c6cccc7c6oc6ccccc67)cc(c42)N3c2ccccc2)sc2cc3c(cc25)B2c4sc(-c5ccccc5)cc4N(c4ccccc4)c4cc(N(c5ccccc5)c5cccc6c5oc5ccccc56)cc(c42)O3)cc1. The average molecular weight is 1400 g/mol. The number of benzene rings is 14. The molecule has 0 saturated carbocycles. The fourth-order valence-corrected chi connectivity index (χ4v) is 20.7. The molecule has 0 spiro atoms. The molecule has 5 aromatic heterocycles. The van der Waals surface area contributed by atoms with Crippen molar-refractivity contribution in [3.8, 4) is 43.9 Å². The molecule has 0 N–H and O–H groups in total. The number of hydrogen-bond donors (Lipinski definition) is 0. The van der Waals surface area contributed by atoms with Crippen LogP contribution in [0.3, 0.4) is 0 Å². The molecule has 490 valence electrons. The van der Waals surface area contributed by atoms with E-state index in [-0.39, 0.29) is 13.4 Å². The van der Waals surface area contributed by atoms with Crippen molar-refractivity contribution in [2.45, 2.75) is 0 Å². The molecular weight excluding hydrogens is 1340 g/mol. The Morgan fingerprint density at radius 3 is 1.10 bits per heavy atom. The molecule has 0 atom stereocenters. The maximum atomic E-state index is 7.67. The molecule has 0 amide bonds. The Bertz CT molecular complexity index is 6380. The number of nitrogens with zero attached hydrogens (tertiary/aromatic N) is 4. The highest BCUT2D eigenvalue weighted by Crippen LogP contribution is 2.54. The zero-order chi connectivity index (χ0) is 68.5. The topological polar surface area (TPSA) is 57.7 Å². The van der Waals surface area contributed by atoms with Gasteiger partial charge in [0.25, 0.3) is 13.4 Å². The zero-order valence-corrected chi connectivity index (χ0v) is 58.4. The number of anilines is 12. The summed E-state index contributed by atoms with van der Waals surface area (Å²) in [5.74, 6) is 3.29. The van der Waals surface area contributed by atoms with E-state index in [2.05, 4.69) is 335 Å². The van der Waals surface area contributed by atoms with Crippen molar-refractivity contribution >= 4 is 211 Å². The molecule has 0 aliphatic carbocycles. The summed E-state index contributed by atoms with van der Waals surface area (Å²) in [7, 11) is 0. The van der Waals surface area contributed by atoms with Crippen LogP contribution in [-0.2, 0) is 0 Å². The van der Waals surface area contributed by atoms with Crippen molar-refractivity contribution < 1.29 is 18.3 Å². The second-order valence-electron chi connectivity index (χ2n) is 27.3. The van der Waals surface area contributed by atoms with E-state index in [9.17, 15) is 0 Å². The number of fused-ring (bicyclic) bond motifs is 17. The van der Waals surface area contributed by atoms with Gasteiger partial charge in [0, 0.05) is 107 Å². The van der Waals surface area contributed by atoms with E-state index in [1.807, 2.05) is 34.8 Å². The fraction of sp³-hybridized carbons (Fsp3) is 0. The lowest BCUT2D eigenvalue weighted by Gasteiger charge is -2.39. The standard InChI is InChI=1S/C92H54B2N4O4S3/c1-7-25-55(26-8-1)83-51-75-91(104-83)93-69-49-67-68-50-70-80(54-86(68)103-85(67)53-79(69)99-81-47-61(45-73(87(81)93)97(75)59-33-15-5-16-34-59)95(57-29-11-3-12-30-57)71-41-23-39-65-63-37-19-21-43-77(63)101-89(65)71)100-82-48-62(96(58-31-13-4-14-32-58)72-42-24-40-66-64-38-20-22-44-78(64)102-90(66)72)46-74-88(82)94(70)92-76(98(74)60-35-17-6-18-36-60)52-84(105-92)56-27-9-2-10-28-56/h1-54H. The first-order valence-corrected chi connectivity index (χ1v) is 37.9. The van der Waals surface area contributed by atoms with Crippen molar-refractivity contribution in [2.75, 3.05) is 19.6 Å². The van der Waals surface area contributed by atoms with E-state index in [1.54, 1.807) is 11.3 Å². The van der Waals surface area contributed by atoms with Crippen molar-refractivity contribution in [1.29, 1.82) is 0 Å². The van der Waals surface area contributed by atoms with Gasteiger partial charge in [-0.25, -0.2) is 0 Å². The van der Waals surface area contributed by atoms with Crippen LogP contribution < -0.4 is 60.5 Å².